The zero-order valence-electron chi connectivity index (χ0n) is 19.5. The molecule has 0 amide bonds. The highest BCUT2D eigenvalue weighted by Crippen LogP contribution is 2.24. The minimum Gasteiger partial charge on any atom is -0.354 e. The SMILES string of the molecule is CN=C(NCc1nccn1Cc1ccccc1)NC1CCN(C(C)c2ccccc2)CC1.I. The van der Waals surface area contributed by atoms with E-state index in [9.17, 15) is 0 Å². The third-order valence-corrected chi connectivity index (χ3v) is 6.34. The normalized spacial score (nSPS) is 16.1. The van der Waals surface area contributed by atoms with Crippen LogP contribution in [0.5, 0.6) is 0 Å². The van der Waals surface area contributed by atoms with E-state index in [4.69, 9.17) is 0 Å². The fourth-order valence-electron chi connectivity index (χ4n) is 4.36. The van der Waals surface area contributed by atoms with E-state index in [1.165, 1.54) is 11.1 Å². The van der Waals surface area contributed by atoms with E-state index >= 15 is 0 Å². The lowest BCUT2D eigenvalue weighted by Crippen LogP contribution is -2.49. The van der Waals surface area contributed by atoms with Crippen molar-refractivity contribution in [3.05, 3.63) is 90.0 Å². The Bertz CT molecular complexity index is 980. The zero-order chi connectivity index (χ0) is 22.2. The Hall–Kier alpha value is -2.39. The lowest BCUT2D eigenvalue weighted by molar-refractivity contribution is 0.158. The Morgan fingerprint density at radius 1 is 1.06 bits per heavy atom. The molecule has 3 aromatic rings. The molecule has 0 radical (unpaired) electrons. The van der Waals surface area contributed by atoms with Gasteiger partial charge in [0.25, 0.3) is 0 Å². The monoisotopic (exact) mass is 558 g/mol. The minimum absolute atomic E-state index is 0. The number of piperidine rings is 1. The second-order valence-corrected chi connectivity index (χ2v) is 8.42. The minimum atomic E-state index is 0. The van der Waals surface area contributed by atoms with Crippen molar-refractivity contribution in [2.75, 3.05) is 20.1 Å². The molecule has 4 rings (SSSR count). The highest BCUT2D eigenvalue weighted by molar-refractivity contribution is 14.0. The second kappa shape index (κ2) is 12.7. The van der Waals surface area contributed by atoms with Gasteiger partial charge >= 0.3 is 0 Å². The van der Waals surface area contributed by atoms with Crippen molar-refractivity contribution in [1.82, 2.24) is 25.1 Å². The molecule has 33 heavy (non-hydrogen) atoms. The van der Waals surface area contributed by atoms with Gasteiger partial charge in [-0.3, -0.25) is 9.89 Å². The standard InChI is InChI=1S/C26H34N6.HI/c1-21(23-11-7-4-8-12-23)31-16-13-24(14-17-31)30-26(27-2)29-19-25-28-15-18-32(25)20-22-9-5-3-6-10-22;/h3-12,15,18,21,24H,13-14,16-17,19-20H2,1-2H3,(H2,27,29,30);1H. The van der Waals surface area contributed by atoms with Crippen LogP contribution in [0.4, 0.5) is 0 Å². The van der Waals surface area contributed by atoms with E-state index in [1.807, 2.05) is 25.5 Å². The lowest BCUT2D eigenvalue weighted by atomic mass is 10.0. The topological polar surface area (TPSA) is 57.5 Å². The molecular formula is C26H35IN6. The molecule has 2 aromatic carbocycles. The molecule has 1 aliphatic rings. The molecule has 0 aliphatic carbocycles. The third-order valence-electron chi connectivity index (χ3n) is 6.34. The number of hydrogen-bond donors (Lipinski definition) is 2. The summed E-state index contributed by atoms with van der Waals surface area (Å²) in [5, 5.41) is 7.06. The molecular weight excluding hydrogens is 523 g/mol. The van der Waals surface area contributed by atoms with Gasteiger partial charge in [-0.15, -0.1) is 24.0 Å². The van der Waals surface area contributed by atoms with Crippen molar-refractivity contribution in [3.63, 3.8) is 0 Å². The van der Waals surface area contributed by atoms with Gasteiger partial charge in [0.1, 0.15) is 5.82 Å². The first-order chi connectivity index (χ1) is 15.7. The summed E-state index contributed by atoms with van der Waals surface area (Å²) < 4.78 is 2.18. The van der Waals surface area contributed by atoms with Crippen molar-refractivity contribution in [2.24, 2.45) is 4.99 Å². The smallest absolute Gasteiger partial charge is 0.191 e. The fourth-order valence-corrected chi connectivity index (χ4v) is 4.36. The first kappa shape index (κ1) is 25.2. The Kier molecular flexibility index (Phi) is 9.75. The number of hydrogen-bond acceptors (Lipinski definition) is 3. The summed E-state index contributed by atoms with van der Waals surface area (Å²) in [4.78, 5) is 11.5. The number of halogens is 1. The maximum atomic E-state index is 4.53. The lowest BCUT2D eigenvalue weighted by Gasteiger charge is -2.37. The first-order valence-corrected chi connectivity index (χ1v) is 11.5. The maximum Gasteiger partial charge on any atom is 0.191 e. The highest BCUT2D eigenvalue weighted by atomic mass is 127. The van der Waals surface area contributed by atoms with Crippen LogP contribution in [-0.4, -0.2) is 46.6 Å². The van der Waals surface area contributed by atoms with E-state index < -0.39 is 0 Å². The molecule has 1 atom stereocenters. The summed E-state index contributed by atoms with van der Waals surface area (Å²) in [5.41, 5.74) is 2.66. The zero-order valence-corrected chi connectivity index (χ0v) is 21.9. The van der Waals surface area contributed by atoms with Crippen molar-refractivity contribution < 1.29 is 0 Å². The van der Waals surface area contributed by atoms with Crippen LogP contribution >= 0.6 is 24.0 Å². The third kappa shape index (κ3) is 7.04. The van der Waals surface area contributed by atoms with Gasteiger partial charge in [0.15, 0.2) is 5.96 Å². The summed E-state index contributed by atoms with van der Waals surface area (Å²) >= 11 is 0. The number of nitrogens with one attached hydrogen (secondary N) is 2. The summed E-state index contributed by atoms with van der Waals surface area (Å²) in [7, 11) is 1.83. The molecule has 7 heteroatoms. The van der Waals surface area contributed by atoms with Gasteiger partial charge in [0, 0.05) is 51.2 Å². The molecule has 1 unspecified atom stereocenters. The van der Waals surface area contributed by atoms with Crippen molar-refractivity contribution >= 4 is 29.9 Å². The molecule has 1 aromatic heterocycles. The van der Waals surface area contributed by atoms with Crippen molar-refractivity contribution in [1.29, 1.82) is 0 Å². The largest absolute Gasteiger partial charge is 0.354 e. The van der Waals surface area contributed by atoms with Gasteiger partial charge in [0.05, 0.1) is 6.54 Å². The van der Waals surface area contributed by atoms with Gasteiger partial charge in [0.2, 0.25) is 0 Å². The fraction of sp³-hybridized carbons (Fsp3) is 0.385. The summed E-state index contributed by atoms with van der Waals surface area (Å²) in [6.07, 6.45) is 6.12. The van der Waals surface area contributed by atoms with Gasteiger partial charge in [-0.25, -0.2) is 4.98 Å². The van der Waals surface area contributed by atoms with Gasteiger partial charge < -0.3 is 15.2 Å². The van der Waals surface area contributed by atoms with Crippen LogP contribution in [0.3, 0.4) is 0 Å². The number of guanidine groups is 1. The molecule has 6 nitrogen and oxygen atoms in total. The van der Waals surface area contributed by atoms with Crippen LogP contribution in [0.25, 0.3) is 0 Å². The molecule has 0 bridgehead atoms. The van der Waals surface area contributed by atoms with Crippen LogP contribution in [0.2, 0.25) is 0 Å². The Balaban J connectivity index is 0.00000306. The van der Waals surface area contributed by atoms with Gasteiger partial charge in [-0.1, -0.05) is 60.7 Å². The van der Waals surface area contributed by atoms with E-state index in [0.717, 1.165) is 44.3 Å². The average molecular weight is 559 g/mol. The molecule has 2 heterocycles. The number of likely N-dealkylation sites (tertiary alicyclic amines) is 1. The molecule has 1 aliphatic heterocycles. The Morgan fingerprint density at radius 2 is 1.73 bits per heavy atom. The molecule has 0 spiro atoms. The first-order valence-electron chi connectivity index (χ1n) is 11.5. The second-order valence-electron chi connectivity index (χ2n) is 8.42. The Labute approximate surface area is 214 Å². The summed E-state index contributed by atoms with van der Waals surface area (Å²) in [5.74, 6) is 1.84. The maximum absolute atomic E-state index is 4.53. The predicted molar refractivity (Wildman–Crippen MR) is 146 cm³/mol. The van der Waals surface area contributed by atoms with Crippen LogP contribution < -0.4 is 10.6 Å². The quantitative estimate of drug-likeness (QED) is 0.256. The van der Waals surface area contributed by atoms with Crippen LogP contribution in [0.1, 0.15) is 42.8 Å². The molecule has 1 fully saturated rings. The van der Waals surface area contributed by atoms with Crippen molar-refractivity contribution in [3.8, 4) is 0 Å². The van der Waals surface area contributed by atoms with Crippen LogP contribution in [0, 0.1) is 0 Å². The van der Waals surface area contributed by atoms with E-state index in [0.29, 0.717) is 18.6 Å². The van der Waals surface area contributed by atoms with E-state index in [1.54, 1.807) is 0 Å². The molecule has 2 N–H and O–H groups in total. The number of imidazole rings is 1. The van der Waals surface area contributed by atoms with E-state index in [2.05, 4.69) is 91.6 Å². The summed E-state index contributed by atoms with van der Waals surface area (Å²) in [6, 6.07) is 22.1. The molecule has 176 valence electrons. The van der Waals surface area contributed by atoms with Crippen molar-refractivity contribution in [2.45, 2.75) is 44.9 Å². The molecule has 0 saturated carbocycles. The Morgan fingerprint density at radius 3 is 2.39 bits per heavy atom. The predicted octanol–water partition coefficient (Wildman–Crippen LogP) is 4.44. The highest BCUT2D eigenvalue weighted by Gasteiger charge is 2.24. The number of rotatable bonds is 7. The summed E-state index contributed by atoms with van der Waals surface area (Å²) in [6.45, 7) is 5.95. The van der Waals surface area contributed by atoms with Gasteiger partial charge in [-0.2, -0.15) is 0 Å². The van der Waals surface area contributed by atoms with Crippen LogP contribution in [0.15, 0.2) is 78.0 Å². The number of benzene rings is 2. The molecule has 1 saturated heterocycles. The van der Waals surface area contributed by atoms with Gasteiger partial charge in [-0.05, 0) is 30.9 Å². The number of nitrogens with zero attached hydrogens (tertiary/aromatic N) is 4. The van der Waals surface area contributed by atoms with E-state index in [-0.39, 0.29) is 24.0 Å². The number of aliphatic imine (C=N–C) groups is 1. The number of aromatic nitrogens is 2. The van der Waals surface area contributed by atoms with Crippen LogP contribution in [-0.2, 0) is 13.1 Å². The average Bonchev–Trinajstić information content (AvgIpc) is 3.29.